The zero-order valence-corrected chi connectivity index (χ0v) is 14.5. The molecule has 3 rings (SSSR count). The van der Waals surface area contributed by atoms with Crippen LogP contribution in [0.15, 0.2) is 28.8 Å². The summed E-state index contributed by atoms with van der Waals surface area (Å²) in [5, 5.41) is 16.2. The second-order valence-electron chi connectivity index (χ2n) is 6.67. The molecular weight excluding hydrogens is 335 g/mol. The van der Waals surface area contributed by atoms with Crippen molar-refractivity contribution in [1.82, 2.24) is 15.5 Å². The van der Waals surface area contributed by atoms with Crippen molar-refractivity contribution in [1.29, 1.82) is 5.26 Å². The highest BCUT2D eigenvalue weighted by molar-refractivity contribution is 5.77. The normalized spacial score (nSPS) is 16.0. The molecule has 1 aliphatic carbocycles. The monoisotopic (exact) mass is 356 g/mol. The Balaban J connectivity index is 1.48. The number of hydrogen-bond acceptors (Lipinski definition) is 5. The molecule has 136 valence electrons. The summed E-state index contributed by atoms with van der Waals surface area (Å²) in [5.41, 5.74) is -0.0253. The van der Waals surface area contributed by atoms with E-state index in [0.29, 0.717) is 36.5 Å². The Morgan fingerprint density at radius 2 is 2.00 bits per heavy atom. The zero-order chi connectivity index (χ0) is 18.4. The van der Waals surface area contributed by atoms with E-state index in [0.717, 1.165) is 32.1 Å². The van der Waals surface area contributed by atoms with Gasteiger partial charge in [-0.3, -0.25) is 4.79 Å². The molecule has 1 N–H and O–H groups in total. The highest BCUT2D eigenvalue weighted by Gasteiger charge is 2.33. The Morgan fingerprint density at radius 1 is 1.27 bits per heavy atom. The van der Waals surface area contributed by atoms with Gasteiger partial charge in [0.25, 0.3) is 0 Å². The maximum Gasteiger partial charge on any atom is 0.226 e. The van der Waals surface area contributed by atoms with Crippen molar-refractivity contribution in [2.24, 2.45) is 0 Å². The van der Waals surface area contributed by atoms with E-state index in [4.69, 9.17) is 4.52 Å². The summed E-state index contributed by atoms with van der Waals surface area (Å²) in [4.78, 5) is 16.4. The number of hydrogen-bond donors (Lipinski definition) is 1. The third kappa shape index (κ3) is 4.45. The predicted octanol–water partition coefficient (Wildman–Crippen LogP) is 3.54. The van der Waals surface area contributed by atoms with Gasteiger partial charge in [0.05, 0.1) is 6.07 Å². The molecule has 1 fully saturated rings. The second kappa shape index (κ2) is 8.09. The van der Waals surface area contributed by atoms with Gasteiger partial charge in [-0.25, -0.2) is 4.39 Å². The first-order valence-corrected chi connectivity index (χ1v) is 8.91. The molecule has 26 heavy (non-hydrogen) atoms. The van der Waals surface area contributed by atoms with Crippen molar-refractivity contribution in [3.8, 4) is 17.5 Å². The van der Waals surface area contributed by atoms with Gasteiger partial charge in [-0.2, -0.15) is 10.2 Å². The van der Waals surface area contributed by atoms with E-state index < -0.39 is 5.54 Å². The number of carbonyl (C=O) groups is 1. The number of halogens is 1. The van der Waals surface area contributed by atoms with Crippen LogP contribution in [0.25, 0.3) is 11.4 Å². The number of rotatable bonds is 6. The summed E-state index contributed by atoms with van der Waals surface area (Å²) in [5.74, 6) is 0.392. The third-order valence-electron chi connectivity index (χ3n) is 4.66. The van der Waals surface area contributed by atoms with Crippen molar-refractivity contribution < 1.29 is 13.7 Å². The number of nitrogens with one attached hydrogen (secondary N) is 1. The van der Waals surface area contributed by atoms with E-state index in [1.54, 1.807) is 12.1 Å². The average molecular weight is 356 g/mol. The molecule has 0 bridgehead atoms. The van der Waals surface area contributed by atoms with Crippen LogP contribution < -0.4 is 5.32 Å². The molecule has 1 aliphatic rings. The van der Waals surface area contributed by atoms with Crippen LogP contribution in [0.5, 0.6) is 0 Å². The van der Waals surface area contributed by atoms with Crippen molar-refractivity contribution in [3.05, 3.63) is 36.0 Å². The SMILES string of the molecule is N#CC1(NC(=O)CCCc2nc(-c3ccc(F)cc3)no2)CCCCC1. The van der Waals surface area contributed by atoms with Gasteiger partial charge in [0.1, 0.15) is 11.4 Å². The number of aryl methyl sites for hydroxylation is 1. The third-order valence-corrected chi connectivity index (χ3v) is 4.66. The fraction of sp³-hybridized carbons (Fsp3) is 0.474. The number of amides is 1. The number of nitrogens with zero attached hydrogens (tertiary/aromatic N) is 3. The highest BCUT2D eigenvalue weighted by atomic mass is 19.1. The van der Waals surface area contributed by atoms with Crippen LogP contribution in [0.2, 0.25) is 0 Å². The molecule has 0 spiro atoms. The summed E-state index contributed by atoms with van der Waals surface area (Å²) < 4.78 is 18.1. The predicted molar refractivity (Wildman–Crippen MR) is 92.2 cm³/mol. The summed E-state index contributed by atoms with van der Waals surface area (Å²) in [6.07, 6.45) is 5.84. The minimum absolute atomic E-state index is 0.119. The van der Waals surface area contributed by atoms with Crippen molar-refractivity contribution in [2.75, 3.05) is 0 Å². The second-order valence-corrected chi connectivity index (χ2v) is 6.67. The number of nitriles is 1. The molecule has 0 radical (unpaired) electrons. The number of aromatic nitrogens is 2. The van der Waals surface area contributed by atoms with E-state index in [1.807, 2.05) is 0 Å². The lowest BCUT2D eigenvalue weighted by Gasteiger charge is -2.31. The largest absolute Gasteiger partial charge is 0.339 e. The molecule has 2 aromatic rings. The van der Waals surface area contributed by atoms with E-state index in [1.165, 1.54) is 12.1 Å². The lowest BCUT2D eigenvalue weighted by Crippen LogP contribution is -2.48. The maximum absolute atomic E-state index is 12.9. The molecule has 1 saturated carbocycles. The molecule has 0 saturated heterocycles. The van der Waals surface area contributed by atoms with Gasteiger partial charge >= 0.3 is 0 Å². The van der Waals surface area contributed by atoms with Crippen LogP contribution in [0.1, 0.15) is 50.8 Å². The molecule has 1 amide bonds. The average Bonchev–Trinajstić information content (AvgIpc) is 3.12. The number of benzene rings is 1. The van der Waals surface area contributed by atoms with Crippen LogP contribution in [0.4, 0.5) is 4.39 Å². The van der Waals surface area contributed by atoms with Gasteiger partial charge in [-0.05, 0) is 43.5 Å². The molecule has 0 aliphatic heterocycles. The highest BCUT2D eigenvalue weighted by Crippen LogP contribution is 2.27. The fourth-order valence-corrected chi connectivity index (χ4v) is 3.22. The van der Waals surface area contributed by atoms with E-state index >= 15 is 0 Å². The molecule has 7 heteroatoms. The Bertz CT molecular complexity index is 789. The topological polar surface area (TPSA) is 91.8 Å². The lowest BCUT2D eigenvalue weighted by atomic mass is 9.83. The standard InChI is InChI=1S/C19H21FN4O2/c20-15-9-7-14(8-10-15)18-22-17(26-24-18)6-4-5-16(25)23-19(13-21)11-2-1-3-12-19/h7-10H,1-6,11-12H2,(H,23,25). The summed E-state index contributed by atoms with van der Waals surface area (Å²) in [6, 6.07) is 8.13. The van der Waals surface area contributed by atoms with Crippen LogP contribution >= 0.6 is 0 Å². The molecular formula is C19H21FN4O2. The van der Waals surface area contributed by atoms with E-state index in [2.05, 4.69) is 21.5 Å². The minimum Gasteiger partial charge on any atom is -0.339 e. The number of carbonyl (C=O) groups excluding carboxylic acids is 1. The van der Waals surface area contributed by atoms with E-state index in [-0.39, 0.29) is 11.7 Å². The molecule has 1 aromatic carbocycles. The Labute approximate surface area is 151 Å². The molecule has 6 nitrogen and oxygen atoms in total. The zero-order valence-electron chi connectivity index (χ0n) is 14.5. The first kappa shape index (κ1) is 18.1. The van der Waals surface area contributed by atoms with Crippen LogP contribution in [-0.2, 0) is 11.2 Å². The summed E-state index contributed by atoms with van der Waals surface area (Å²) in [7, 11) is 0. The Morgan fingerprint density at radius 3 is 2.69 bits per heavy atom. The van der Waals surface area contributed by atoms with Crippen molar-refractivity contribution in [3.63, 3.8) is 0 Å². The Kier molecular flexibility index (Phi) is 5.61. The summed E-state index contributed by atoms with van der Waals surface area (Å²) >= 11 is 0. The van der Waals surface area contributed by atoms with Gasteiger partial charge in [0.2, 0.25) is 17.6 Å². The minimum atomic E-state index is -0.699. The Hall–Kier alpha value is -2.75. The van der Waals surface area contributed by atoms with Crippen LogP contribution in [0.3, 0.4) is 0 Å². The van der Waals surface area contributed by atoms with Gasteiger partial charge in [0, 0.05) is 18.4 Å². The van der Waals surface area contributed by atoms with Gasteiger partial charge in [0.15, 0.2) is 0 Å². The van der Waals surface area contributed by atoms with Crippen LogP contribution in [-0.4, -0.2) is 21.6 Å². The first-order valence-electron chi connectivity index (χ1n) is 8.91. The van der Waals surface area contributed by atoms with Gasteiger partial charge in [-0.15, -0.1) is 0 Å². The quantitative estimate of drug-likeness (QED) is 0.855. The molecule has 1 aromatic heterocycles. The van der Waals surface area contributed by atoms with Gasteiger partial charge in [-0.1, -0.05) is 24.4 Å². The molecule has 0 unspecified atom stereocenters. The fourth-order valence-electron chi connectivity index (χ4n) is 3.22. The molecule has 1 heterocycles. The lowest BCUT2D eigenvalue weighted by molar-refractivity contribution is -0.122. The first-order chi connectivity index (χ1) is 12.6. The van der Waals surface area contributed by atoms with Crippen molar-refractivity contribution >= 4 is 5.91 Å². The molecule has 0 atom stereocenters. The smallest absolute Gasteiger partial charge is 0.226 e. The van der Waals surface area contributed by atoms with E-state index in [9.17, 15) is 14.4 Å². The summed E-state index contributed by atoms with van der Waals surface area (Å²) in [6.45, 7) is 0. The van der Waals surface area contributed by atoms with Crippen molar-refractivity contribution in [2.45, 2.75) is 56.9 Å². The van der Waals surface area contributed by atoms with Crippen LogP contribution in [0, 0.1) is 17.1 Å². The maximum atomic E-state index is 12.9. The van der Waals surface area contributed by atoms with Gasteiger partial charge < -0.3 is 9.84 Å².